The lowest BCUT2D eigenvalue weighted by Crippen LogP contribution is -2.28. The minimum atomic E-state index is -0.560. The van der Waals surface area contributed by atoms with E-state index in [1.54, 1.807) is 24.3 Å². The van der Waals surface area contributed by atoms with Gasteiger partial charge < -0.3 is 5.11 Å². The summed E-state index contributed by atoms with van der Waals surface area (Å²) in [6.07, 6.45) is 0. The van der Waals surface area contributed by atoms with Crippen LogP contribution in [0.25, 0.3) is 0 Å². The number of nitrogens with zero attached hydrogens (tertiary/aromatic N) is 1. The summed E-state index contributed by atoms with van der Waals surface area (Å²) in [6.45, 7) is -0.230. The van der Waals surface area contributed by atoms with Crippen LogP contribution in [0.3, 0.4) is 0 Å². The van der Waals surface area contributed by atoms with E-state index in [1.807, 2.05) is 36.4 Å². The predicted octanol–water partition coefficient (Wildman–Crippen LogP) is 3.02. The predicted molar refractivity (Wildman–Crippen MR) is 74.7 cm³/mol. The van der Waals surface area contributed by atoms with Gasteiger partial charge in [0.05, 0.1) is 12.6 Å². The van der Waals surface area contributed by atoms with Crippen molar-refractivity contribution in [2.75, 3.05) is 6.61 Å². The third kappa shape index (κ3) is 3.13. The minimum absolute atomic E-state index is 0.230. The van der Waals surface area contributed by atoms with Crippen molar-refractivity contribution in [1.82, 2.24) is 4.42 Å². The first-order valence-electron chi connectivity index (χ1n) is 5.94. The lowest BCUT2D eigenvalue weighted by atomic mass is 10.1. The Bertz CT molecular complexity index is 530. The number of rotatable bonds is 4. The molecule has 0 aliphatic rings. The van der Waals surface area contributed by atoms with Gasteiger partial charge in [0.1, 0.15) is 0 Å². The van der Waals surface area contributed by atoms with Crippen molar-refractivity contribution in [3.05, 3.63) is 71.8 Å². The number of carbonyl (C=O) groups excluding carboxylic acids is 1. The first kappa shape index (κ1) is 13.6. The highest BCUT2D eigenvalue weighted by Crippen LogP contribution is 2.24. The normalized spacial score (nSPS) is 11.9. The minimum Gasteiger partial charge on any atom is -0.394 e. The maximum absolute atomic E-state index is 12.2. The molecule has 19 heavy (non-hydrogen) atoms. The Hall–Kier alpha value is -1.84. The molecular formula is C15H14ClNO2. The maximum Gasteiger partial charge on any atom is 0.268 e. The van der Waals surface area contributed by atoms with Gasteiger partial charge >= 0.3 is 0 Å². The molecule has 2 aromatic rings. The molecule has 0 heterocycles. The Morgan fingerprint density at radius 2 is 1.58 bits per heavy atom. The molecule has 2 aromatic carbocycles. The van der Waals surface area contributed by atoms with Crippen LogP contribution in [0.5, 0.6) is 0 Å². The molecule has 1 atom stereocenters. The van der Waals surface area contributed by atoms with Crippen LogP contribution in [-0.2, 0) is 0 Å². The lowest BCUT2D eigenvalue weighted by molar-refractivity contribution is 0.0775. The molecule has 1 N–H and O–H groups in total. The van der Waals surface area contributed by atoms with Gasteiger partial charge in [-0.1, -0.05) is 48.5 Å². The van der Waals surface area contributed by atoms with Crippen molar-refractivity contribution in [3.63, 3.8) is 0 Å². The number of carbonyl (C=O) groups is 1. The van der Waals surface area contributed by atoms with Crippen LogP contribution in [0.2, 0.25) is 0 Å². The van der Waals surface area contributed by atoms with E-state index in [0.717, 1.165) is 9.98 Å². The summed E-state index contributed by atoms with van der Waals surface area (Å²) in [5.41, 5.74) is 1.29. The zero-order valence-corrected chi connectivity index (χ0v) is 11.0. The third-order valence-corrected chi connectivity index (χ3v) is 3.23. The van der Waals surface area contributed by atoms with Gasteiger partial charge in [0, 0.05) is 17.3 Å². The molecule has 0 spiro atoms. The van der Waals surface area contributed by atoms with E-state index in [0.29, 0.717) is 5.56 Å². The van der Waals surface area contributed by atoms with Crippen LogP contribution in [-0.4, -0.2) is 22.0 Å². The van der Waals surface area contributed by atoms with Crippen molar-refractivity contribution in [2.45, 2.75) is 6.04 Å². The number of aliphatic hydroxyl groups excluding tert-OH is 1. The van der Waals surface area contributed by atoms with Gasteiger partial charge in [-0.15, -0.1) is 0 Å². The second kappa shape index (κ2) is 6.36. The van der Waals surface area contributed by atoms with Crippen molar-refractivity contribution in [3.8, 4) is 0 Å². The van der Waals surface area contributed by atoms with Gasteiger partial charge in [-0.05, 0) is 17.7 Å². The summed E-state index contributed by atoms with van der Waals surface area (Å²) in [5, 5.41) is 9.47. The average molecular weight is 276 g/mol. The van der Waals surface area contributed by atoms with Crippen LogP contribution < -0.4 is 0 Å². The van der Waals surface area contributed by atoms with Crippen LogP contribution in [0.4, 0.5) is 0 Å². The fourth-order valence-electron chi connectivity index (χ4n) is 1.83. The smallest absolute Gasteiger partial charge is 0.268 e. The first-order chi connectivity index (χ1) is 9.24. The molecule has 0 radical (unpaired) electrons. The molecule has 0 saturated heterocycles. The molecule has 1 unspecified atom stereocenters. The molecule has 3 nitrogen and oxygen atoms in total. The molecule has 1 amide bonds. The average Bonchev–Trinajstić information content (AvgIpc) is 2.49. The SMILES string of the molecule is O=C(c1ccccc1)N(Cl)C(CO)c1ccccc1. The Morgan fingerprint density at radius 3 is 2.11 bits per heavy atom. The molecule has 4 heteroatoms. The highest BCUT2D eigenvalue weighted by atomic mass is 35.5. The van der Waals surface area contributed by atoms with E-state index in [-0.39, 0.29) is 12.5 Å². The molecular weight excluding hydrogens is 262 g/mol. The van der Waals surface area contributed by atoms with Crippen LogP contribution in [0.15, 0.2) is 60.7 Å². The summed E-state index contributed by atoms with van der Waals surface area (Å²) in [4.78, 5) is 12.2. The van der Waals surface area contributed by atoms with Gasteiger partial charge in [-0.3, -0.25) is 4.79 Å². The van der Waals surface area contributed by atoms with Gasteiger partial charge in [0.15, 0.2) is 0 Å². The second-order valence-corrected chi connectivity index (χ2v) is 4.46. The topological polar surface area (TPSA) is 40.5 Å². The largest absolute Gasteiger partial charge is 0.394 e. The molecule has 0 aromatic heterocycles. The number of hydrogen-bond acceptors (Lipinski definition) is 2. The van der Waals surface area contributed by atoms with Crippen LogP contribution in [0, 0.1) is 0 Å². The van der Waals surface area contributed by atoms with Gasteiger partial charge in [0.25, 0.3) is 5.91 Å². The van der Waals surface area contributed by atoms with Crippen molar-refractivity contribution in [1.29, 1.82) is 0 Å². The molecule has 0 fully saturated rings. The highest BCUT2D eigenvalue weighted by molar-refractivity contribution is 6.24. The fourth-order valence-corrected chi connectivity index (χ4v) is 2.10. The number of aliphatic hydroxyl groups is 1. The van der Waals surface area contributed by atoms with E-state index < -0.39 is 6.04 Å². The summed E-state index contributed by atoms with van der Waals surface area (Å²) < 4.78 is 1.05. The summed E-state index contributed by atoms with van der Waals surface area (Å²) in [6, 6.07) is 17.4. The Morgan fingerprint density at radius 1 is 1.05 bits per heavy atom. The van der Waals surface area contributed by atoms with E-state index in [1.165, 1.54) is 0 Å². The fraction of sp³-hybridized carbons (Fsp3) is 0.133. The van der Waals surface area contributed by atoms with Crippen LogP contribution in [0.1, 0.15) is 22.0 Å². The van der Waals surface area contributed by atoms with Gasteiger partial charge in [-0.25, -0.2) is 4.42 Å². The molecule has 0 bridgehead atoms. The van der Waals surface area contributed by atoms with E-state index in [9.17, 15) is 9.90 Å². The van der Waals surface area contributed by atoms with E-state index in [4.69, 9.17) is 11.8 Å². The van der Waals surface area contributed by atoms with E-state index >= 15 is 0 Å². The summed E-state index contributed by atoms with van der Waals surface area (Å²) >= 11 is 6.09. The quantitative estimate of drug-likeness (QED) is 0.872. The maximum atomic E-state index is 12.2. The zero-order chi connectivity index (χ0) is 13.7. The molecule has 2 rings (SSSR count). The Labute approximate surface area is 117 Å². The van der Waals surface area contributed by atoms with Gasteiger partial charge in [-0.2, -0.15) is 0 Å². The van der Waals surface area contributed by atoms with Crippen LogP contribution >= 0.6 is 11.8 Å². The van der Waals surface area contributed by atoms with Crippen molar-refractivity contribution in [2.24, 2.45) is 0 Å². The summed E-state index contributed by atoms with van der Waals surface area (Å²) in [5.74, 6) is -0.329. The van der Waals surface area contributed by atoms with Crippen molar-refractivity contribution < 1.29 is 9.90 Å². The number of halogens is 1. The monoisotopic (exact) mass is 275 g/mol. The first-order valence-corrected chi connectivity index (χ1v) is 6.28. The van der Waals surface area contributed by atoms with E-state index in [2.05, 4.69) is 0 Å². The van der Waals surface area contributed by atoms with Gasteiger partial charge in [0.2, 0.25) is 0 Å². The molecule has 0 aliphatic carbocycles. The highest BCUT2D eigenvalue weighted by Gasteiger charge is 2.24. The standard InChI is InChI=1S/C15H14ClNO2/c16-17(15(19)13-9-5-2-6-10-13)14(11-18)12-7-3-1-4-8-12/h1-10,14,18H,11H2. The molecule has 0 aliphatic heterocycles. The summed E-state index contributed by atoms with van der Waals surface area (Å²) in [7, 11) is 0. The Balaban J connectivity index is 2.22. The Kier molecular flexibility index (Phi) is 4.55. The zero-order valence-electron chi connectivity index (χ0n) is 10.2. The number of benzene rings is 2. The molecule has 98 valence electrons. The van der Waals surface area contributed by atoms with Crippen molar-refractivity contribution >= 4 is 17.7 Å². The molecule has 0 saturated carbocycles. The lowest BCUT2D eigenvalue weighted by Gasteiger charge is -2.24. The second-order valence-electron chi connectivity index (χ2n) is 4.09. The number of hydrogen-bond donors (Lipinski definition) is 1. The third-order valence-electron chi connectivity index (χ3n) is 2.85. The number of amides is 1.